The Kier molecular flexibility index (Phi) is 4.76. The molecule has 0 saturated heterocycles. The number of benzene rings is 1. The number of ether oxygens (including phenoxy) is 1. The van der Waals surface area contributed by atoms with Gasteiger partial charge in [-0.1, -0.05) is 18.2 Å². The van der Waals surface area contributed by atoms with Crippen molar-refractivity contribution in [3.05, 3.63) is 46.6 Å². The maximum absolute atomic E-state index is 5.94. The number of halogens is 1. The Morgan fingerprint density at radius 3 is 2.89 bits per heavy atom. The number of nitrogens with one attached hydrogen (secondary N) is 1. The van der Waals surface area contributed by atoms with Crippen molar-refractivity contribution in [3.63, 3.8) is 0 Å². The first-order valence-corrected chi connectivity index (χ1v) is 6.75. The molecule has 1 aromatic carbocycles. The number of nitrogens with zero attached hydrogens (tertiary/aromatic N) is 1. The molecule has 2 rings (SSSR count). The maximum Gasteiger partial charge on any atom is 0.153 e. The van der Waals surface area contributed by atoms with E-state index in [0.29, 0.717) is 18.1 Å². The number of anilines is 3. The first-order chi connectivity index (χ1) is 9.20. The minimum atomic E-state index is 0.607. The second-order valence-electron chi connectivity index (χ2n) is 4.12. The molecule has 0 fully saturated rings. The van der Waals surface area contributed by atoms with E-state index in [0.717, 1.165) is 16.6 Å². The molecule has 0 unspecified atom stereocenters. The second-order valence-corrected chi connectivity index (χ2v) is 5.03. The van der Waals surface area contributed by atoms with Crippen molar-refractivity contribution in [1.82, 2.24) is 4.98 Å². The summed E-state index contributed by atoms with van der Waals surface area (Å²) < 4.78 is 5.98. The van der Waals surface area contributed by atoms with Gasteiger partial charge in [-0.3, -0.25) is 0 Å². The summed E-state index contributed by atoms with van der Waals surface area (Å²) in [4.78, 5) is 4.28. The summed E-state index contributed by atoms with van der Waals surface area (Å²) in [6, 6.07) is 9.89. The lowest BCUT2D eigenvalue weighted by atomic mass is 10.1. The van der Waals surface area contributed by atoms with Gasteiger partial charge < -0.3 is 15.8 Å². The first-order valence-electron chi connectivity index (χ1n) is 5.95. The van der Waals surface area contributed by atoms with E-state index in [4.69, 9.17) is 10.5 Å². The lowest BCUT2D eigenvalue weighted by molar-refractivity contribution is 0.202. The van der Waals surface area contributed by atoms with Crippen LogP contribution in [0.1, 0.15) is 5.56 Å². The SMILES string of the molecule is COCCc1ccccc1Nc1ncc(Br)cc1N. The molecule has 0 spiro atoms. The van der Waals surface area contributed by atoms with Crippen molar-refractivity contribution in [3.8, 4) is 0 Å². The predicted molar refractivity (Wildman–Crippen MR) is 81.7 cm³/mol. The Balaban J connectivity index is 2.22. The number of para-hydroxylation sites is 1. The summed E-state index contributed by atoms with van der Waals surface area (Å²) in [5, 5.41) is 3.26. The smallest absolute Gasteiger partial charge is 0.153 e. The third kappa shape index (κ3) is 3.68. The fourth-order valence-corrected chi connectivity index (χ4v) is 2.11. The first kappa shape index (κ1) is 13.8. The number of pyridine rings is 1. The van der Waals surface area contributed by atoms with Crippen molar-refractivity contribution in [2.75, 3.05) is 24.8 Å². The highest BCUT2D eigenvalue weighted by Crippen LogP contribution is 2.25. The molecule has 0 bridgehead atoms. The third-order valence-electron chi connectivity index (χ3n) is 2.73. The van der Waals surface area contributed by atoms with Crippen molar-refractivity contribution in [1.29, 1.82) is 0 Å². The van der Waals surface area contributed by atoms with E-state index in [1.807, 2.05) is 24.3 Å². The Bertz CT molecular complexity index is 560. The number of rotatable bonds is 5. The van der Waals surface area contributed by atoms with Crippen LogP contribution in [0.4, 0.5) is 17.2 Å². The zero-order valence-electron chi connectivity index (χ0n) is 10.7. The van der Waals surface area contributed by atoms with E-state index < -0.39 is 0 Å². The van der Waals surface area contributed by atoms with E-state index in [1.54, 1.807) is 13.3 Å². The number of aromatic nitrogens is 1. The molecule has 100 valence electrons. The number of hydrogen-bond donors (Lipinski definition) is 2. The van der Waals surface area contributed by atoms with Gasteiger partial charge in [0.2, 0.25) is 0 Å². The molecule has 1 heterocycles. The van der Waals surface area contributed by atoms with Crippen LogP contribution in [0.5, 0.6) is 0 Å². The topological polar surface area (TPSA) is 60.2 Å². The van der Waals surface area contributed by atoms with E-state index in [2.05, 4.69) is 32.3 Å². The van der Waals surface area contributed by atoms with E-state index in [1.165, 1.54) is 5.56 Å². The molecule has 0 aliphatic heterocycles. The largest absolute Gasteiger partial charge is 0.396 e. The van der Waals surface area contributed by atoms with Crippen LogP contribution < -0.4 is 11.1 Å². The summed E-state index contributed by atoms with van der Waals surface area (Å²) >= 11 is 3.34. The molecular weight excluding hydrogens is 306 g/mol. The fourth-order valence-electron chi connectivity index (χ4n) is 1.76. The minimum absolute atomic E-state index is 0.607. The Morgan fingerprint density at radius 1 is 1.37 bits per heavy atom. The van der Waals surface area contributed by atoms with Crippen LogP contribution in [0.2, 0.25) is 0 Å². The van der Waals surface area contributed by atoms with Gasteiger partial charge in [0.05, 0.1) is 12.3 Å². The Labute approximate surface area is 121 Å². The highest BCUT2D eigenvalue weighted by atomic mass is 79.9. The number of nitrogen functional groups attached to an aromatic ring is 1. The molecule has 0 aliphatic carbocycles. The van der Waals surface area contributed by atoms with Gasteiger partial charge in [0.25, 0.3) is 0 Å². The average molecular weight is 322 g/mol. The van der Waals surface area contributed by atoms with Crippen LogP contribution in [0, 0.1) is 0 Å². The summed E-state index contributed by atoms with van der Waals surface area (Å²) in [5.41, 5.74) is 8.72. The van der Waals surface area contributed by atoms with Gasteiger partial charge in [-0.25, -0.2) is 4.98 Å². The second kappa shape index (κ2) is 6.54. The Morgan fingerprint density at radius 2 is 2.16 bits per heavy atom. The van der Waals surface area contributed by atoms with Crippen molar-refractivity contribution >= 4 is 33.1 Å². The van der Waals surface area contributed by atoms with Gasteiger partial charge in [0, 0.05) is 23.5 Å². The molecule has 0 amide bonds. The molecule has 0 saturated carbocycles. The molecule has 2 aromatic rings. The van der Waals surface area contributed by atoms with Crippen LogP contribution in [0.15, 0.2) is 41.0 Å². The highest BCUT2D eigenvalue weighted by molar-refractivity contribution is 9.10. The van der Waals surface area contributed by atoms with Gasteiger partial charge in [-0.2, -0.15) is 0 Å². The predicted octanol–water partition coefficient (Wildman–Crippen LogP) is 3.36. The van der Waals surface area contributed by atoms with Gasteiger partial charge in [0.1, 0.15) is 0 Å². The minimum Gasteiger partial charge on any atom is -0.396 e. The van der Waals surface area contributed by atoms with Gasteiger partial charge in [0.15, 0.2) is 5.82 Å². The van der Waals surface area contributed by atoms with Crippen LogP contribution >= 0.6 is 15.9 Å². The van der Waals surface area contributed by atoms with Crippen LogP contribution in [-0.4, -0.2) is 18.7 Å². The summed E-state index contributed by atoms with van der Waals surface area (Å²) in [5.74, 6) is 0.660. The summed E-state index contributed by atoms with van der Waals surface area (Å²) in [6.07, 6.45) is 2.56. The molecule has 19 heavy (non-hydrogen) atoms. The number of methoxy groups -OCH3 is 1. The number of hydrogen-bond acceptors (Lipinski definition) is 4. The molecule has 0 atom stereocenters. The van der Waals surface area contributed by atoms with Gasteiger partial charge in [-0.05, 0) is 40.0 Å². The lowest BCUT2D eigenvalue weighted by Crippen LogP contribution is -2.03. The zero-order chi connectivity index (χ0) is 13.7. The number of nitrogens with two attached hydrogens (primary N) is 1. The average Bonchev–Trinajstić information content (AvgIpc) is 2.41. The molecule has 1 aromatic heterocycles. The molecular formula is C14H16BrN3O. The van der Waals surface area contributed by atoms with E-state index in [9.17, 15) is 0 Å². The van der Waals surface area contributed by atoms with E-state index >= 15 is 0 Å². The van der Waals surface area contributed by atoms with E-state index in [-0.39, 0.29) is 0 Å². The standard InChI is InChI=1S/C14H16BrN3O/c1-19-7-6-10-4-2-3-5-13(10)18-14-12(16)8-11(15)9-17-14/h2-5,8-9H,6-7,16H2,1H3,(H,17,18). The van der Waals surface area contributed by atoms with Gasteiger partial charge >= 0.3 is 0 Å². The monoisotopic (exact) mass is 321 g/mol. The van der Waals surface area contributed by atoms with Crippen LogP contribution in [0.3, 0.4) is 0 Å². The fraction of sp³-hybridized carbons (Fsp3) is 0.214. The maximum atomic E-state index is 5.94. The zero-order valence-corrected chi connectivity index (χ0v) is 12.3. The van der Waals surface area contributed by atoms with Crippen LogP contribution in [0.25, 0.3) is 0 Å². The van der Waals surface area contributed by atoms with Crippen molar-refractivity contribution in [2.45, 2.75) is 6.42 Å². The Hall–Kier alpha value is -1.59. The molecule has 4 nitrogen and oxygen atoms in total. The molecule has 3 N–H and O–H groups in total. The van der Waals surface area contributed by atoms with Crippen molar-refractivity contribution < 1.29 is 4.74 Å². The third-order valence-corrected chi connectivity index (χ3v) is 3.16. The summed E-state index contributed by atoms with van der Waals surface area (Å²) in [7, 11) is 1.70. The quantitative estimate of drug-likeness (QED) is 0.886. The highest BCUT2D eigenvalue weighted by Gasteiger charge is 2.06. The summed E-state index contributed by atoms with van der Waals surface area (Å²) in [6.45, 7) is 0.682. The lowest BCUT2D eigenvalue weighted by Gasteiger charge is -2.12. The van der Waals surface area contributed by atoms with Crippen LogP contribution in [-0.2, 0) is 11.2 Å². The normalized spacial score (nSPS) is 10.4. The van der Waals surface area contributed by atoms with Gasteiger partial charge in [-0.15, -0.1) is 0 Å². The van der Waals surface area contributed by atoms with Crippen molar-refractivity contribution in [2.24, 2.45) is 0 Å². The molecule has 0 aliphatic rings. The molecule has 5 heteroatoms. The molecule has 0 radical (unpaired) electrons.